The molecule has 9 heteroatoms. The second kappa shape index (κ2) is 10.3. The van der Waals surface area contributed by atoms with Gasteiger partial charge in [0.25, 0.3) is 17.1 Å². The zero-order valence-electron chi connectivity index (χ0n) is 19.3. The summed E-state index contributed by atoms with van der Waals surface area (Å²) < 4.78 is 13.1. The predicted molar refractivity (Wildman–Crippen MR) is 137 cm³/mol. The van der Waals surface area contributed by atoms with Gasteiger partial charge in [0.2, 0.25) is 0 Å². The van der Waals surface area contributed by atoms with E-state index in [4.69, 9.17) is 0 Å². The number of hydrogen-bond donors (Lipinski definition) is 0. The highest BCUT2D eigenvalue weighted by molar-refractivity contribution is 8.18. The smallest absolute Gasteiger partial charge is 0.293 e. The Morgan fingerprint density at radius 3 is 2.33 bits per heavy atom. The Balaban J connectivity index is 1.20. The summed E-state index contributed by atoms with van der Waals surface area (Å²) in [7, 11) is 0. The summed E-state index contributed by atoms with van der Waals surface area (Å²) in [6.07, 6.45) is 3.41. The summed E-state index contributed by atoms with van der Waals surface area (Å²) in [4.78, 5) is 48.0. The Hall–Kier alpha value is -3.98. The molecule has 2 aliphatic heterocycles. The molecule has 0 saturated carbocycles. The number of carbonyl (C=O) groups excluding carboxylic acids is 3. The number of rotatable bonds is 5. The first kappa shape index (κ1) is 23.7. The lowest BCUT2D eigenvalue weighted by Gasteiger charge is -2.35. The van der Waals surface area contributed by atoms with Crippen molar-refractivity contribution in [2.75, 3.05) is 31.1 Å². The standard InChI is InChI=1S/C27H23FN4O3S/c28-22-10-6-20(7-11-22)18-32-26(34)23(36-27(32)35)17-19-4-8-21(9-5-19)25(33)31-15-13-30(14-16-31)24-3-1-2-12-29-24/h1-12,17H,13-16,18H2/b23-17-. The average Bonchev–Trinajstić information content (AvgIpc) is 3.18. The molecule has 3 aromatic rings. The van der Waals surface area contributed by atoms with Crippen molar-refractivity contribution in [3.63, 3.8) is 0 Å². The molecule has 36 heavy (non-hydrogen) atoms. The van der Waals surface area contributed by atoms with Crippen molar-refractivity contribution < 1.29 is 18.8 Å². The molecule has 2 aliphatic rings. The topological polar surface area (TPSA) is 73.8 Å². The minimum atomic E-state index is -0.389. The van der Waals surface area contributed by atoms with Crippen LogP contribution in [-0.4, -0.2) is 58.0 Å². The first-order valence-corrected chi connectivity index (χ1v) is 12.3. The van der Waals surface area contributed by atoms with Gasteiger partial charge >= 0.3 is 0 Å². The van der Waals surface area contributed by atoms with Gasteiger partial charge in [0, 0.05) is 37.9 Å². The Labute approximate surface area is 212 Å². The molecule has 5 rings (SSSR count). The molecule has 0 radical (unpaired) electrons. The summed E-state index contributed by atoms with van der Waals surface area (Å²) in [6.45, 7) is 2.74. The maximum absolute atomic E-state index is 13.1. The van der Waals surface area contributed by atoms with Crippen LogP contribution in [0.25, 0.3) is 6.08 Å². The molecule has 0 atom stereocenters. The van der Waals surface area contributed by atoms with E-state index in [1.807, 2.05) is 23.1 Å². The van der Waals surface area contributed by atoms with Gasteiger partial charge in [-0.1, -0.05) is 30.3 Å². The van der Waals surface area contributed by atoms with Crippen LogP contribution in [0.3, 0.4) is 0 Å². The Kier molecular flexibility index (Phi) is 6.81. The van der Waals surface area contributed by atoms with Crippen molar-refractivity contribution in [1.82, 2.24) is 14.8 Å². The number of anilines is 1. The molecular weight excluding hydrogens is 479 g/mol. The van der Waals surface area contributed by atoms with E-state index in [0.717, 1.165) is 28.0 Å². The van der Waals surface area contributed by atoms with Gasteiger partial charge in [-0.2, -0.15) is 0 Å². The minimum absolute atomic E-state index is 0.0400. The summed E-state index contributed by atoms with van der Waals surface area (Å²) >= 11 is 0.870. The molecule has 3 heterocycles. The van der Waals surface area contributed by atoms with Crippen molar-refractivity contribution in [2.45, 2.75) is 6.54 Å². The van der Waals surface area contributed by atoms with Gasteiger partial charge in [-0.25, -0.2) is 9.37 Å². The molecule has 182 valence electrons. The predicted octanol–water partition coefficient (Wildman–Crippen LogP) is 4.42. The largest absolute Gasteiger partial charge is 0.353 e. The van der Waals surface area contributed by atoms with Crippen LogP contribution in [0.15, 0.2) is 77.8 Å². The number of imide groups is 1. The zero-order valence-corrected chi connectivity index (χ0v) is 20.2. The fourth-order valence-corrected chi connectivity index (χ4v) is 4.98. The van der Waals surface area contributed by atoms with Crippen LogP contribution < -0.4 is 4.90 Å². The highest BCUT2D eigenvalue weighted by Crippen LogP contribution is 2.33. The van der Waals surface area contributed by atoms with Gasteiger partial charge in [-0.15, -0.1) is 0 Å². The molecule has 2 saturated heterocycles. The lowest BCUT2D eigenvalue weighted by molar-refractivity contribution is -0.123. The van der Waals surface area contributed by atoms with Crippen molar-refractivity contribution in [3.05, 3.63) is 100 Å². The van der Waals surface area contributed by atoms with E-state index in [2.05, 4.69) is 9.88 Å². The first-order chi connectivity index (χ1) is 17.5. The number of thioether (sulfide) groups is 1. The van der Waals surface area contributed by atoms with Crippen molar-refractivity contribution in [3.8, 4) is 0 Å². The average molecular weight is 503 g/mol. The third kappa shape index (κ3) is 5.16. The van der Waals surface area contributed by atoms with Gasteiger partial charge in [0.05, 0.1) is 11.4 Å². The van der Waals surface area contributed by atoms with Crippen molar-refractivity contribution in [1.29, 1.82) is 0 Å². The van der Waals surface area contributed by atoms with Crippen LogP contribution in [0.1, 0.15) is 21.5 Å². The fourth-order valence-electron chi connectivity index (χ4n) is 4.14. The van der Waals surface area contributed by atoms with E-state index >= 15 is 0 Å². The number of amides is 3. The molecule has 0 aliphatic carbocycles. The van der Waals surface area contributed by atoms with E-state index in [0.29, 0.717) is 42.2 Å². The van der Waals surface area contributed by atoms with Gasteiger partial charge in [-0.3, -0.25) is 19.3 Å². The number of hydrogen-bond acceptors (Lipinski definition) is 6. The molecule has 2 aromatic carbocycles. The molecule has 0 N–H and O–H groups in total. The Morgan fingerprint density at radius 1 is 0.944 bits per heavy atom. The van der Waals surface area contributed by atoms with Crippen LogP contribution in [0.2, 0.25) is 0 Å². The van der Waals surface area contributed by atoms with E-state index in [9.17, 15) is 18.8 Å². The van der Waals surface area contributed by atoms with E-state index in [1.54, 1.807) is 48.7 Å². The van der Waals surface area contributed by atoms with E-state index in [-0.39, 0.29) is 29.4 Å². The van der Waals surface area contributed by atoms with Crippen LogP contribution in [0.5, 0.6) is 0 Å². The molecule has 0 bridgehead atoms. The minimum Gasteiger partial charge on any atom is -0.353 e. The first-order valence-electron chi connectivity index (χ1n) is 11.5. The van der Waals surface area contributed by atoms with Crippen LogP contribution >= 0.6 is 11.8 Å². The van der Waals surface area contributed by atoms with Gasteiger partial charge in [-0.05, 0) is 65.4 Å². The normalized spacial score (nSPS) is 17.2. The van der Waals surface area contributed by atoms with Crippen molar-refractivity contribution >= 4 is 40.7 Å². The third-order valence-corrected chi connectivity index (χ3v) is 7.03. The Morgan fingerprint density at radius 2 is 1.67 bits per heavy atom. The SMILES string of the molecule is O=C(c1ccc(/C=C2\SC(=O)N(Cc3ccc(F)cc3)C2=O)cc1)N1CCN(c2ccccn2)CC1. The van der Waals surface area contributed by atoms with Crippen LogP contribution in [0, 0.1) is 5.82 Å². The maximum atomic E-state index is 13.1. The summed E-state index contributed by atoms with van der Waals surface area (Å²) in [5.41, 5.74) is 1.96. The van der Waals surface area contributed by atoms with Gasteiger partial charge in [0.15, 0.2) is 0 Å². The number of pyridine rings is 1. The molecule has 0 unspecified atom stereocenters. The quantitative estimate of drug-likeness (QED) is 0.481. The van der Waals surface area contributed by atoms with Gasteiger partial charge < -0.3 is 9.80 Å². The third-order valence-electron chi connectivity index (χ3n) is 6.12. The van der Waals surface area contributed by atoms with E-state index in [1.165, 1.54) is 12.1 Å². The van der Waals surface area contributed by atoms with Crippen LogP contribution in [-0.2, 0) is 11.3 Å². The highest BCUT2D eigenvalue weighted by atomic mass is 32.2. The Bertz CT molecular complexity index is 1310. The monoisotopic (exact) mass is 502 g/mol. The molecule has 2 fully saturated rings. The zero-order chi connectivity index (χ0) is 25.1. The second-order valence-corrected chi connectivity index (χ2v) is 9.48. The van der Waals surface area contributed by atoms with Crippen molar-refractivity contribution in [2.24, 2.45) is 0 Å². The second-order valence-electron chi connectivity index (χ2n) is 8.48. The number of halogens is 1. The molecule has 0 spiro atoms. The number of benzene rings is 2. The molecule has 1 aromatic heterocycles. The lowest BCUT2D eigenvalue weighted by atomic mass is 10.1. The summed E-state index contributed by atoms with van der Waals surface area (Å²) in [5, 5.41) is -0.368. The van der Waals surface area contributed by atoms with Gasteiger partial charge in [0.1, 0.15) is 11.6 Å². The number of nitrogens with zero attached hydrogens (tertiary/aromatic N) is 4. The maximum Gasteiger partial charge on any atom is 0.293 e. The lowest BCUT2D eigenvalue weighted by Crippen LogP contribution is -2.49. The molecule has 3 amide bonds. The molecule has 7 nitrogen and oxygen atoms in total. The number of carbonyl (C=O) groups is 3. The summed E-state index contributed by atoms with van der Waals surface area (Å²) in [5.74, 6) is 0.111. The molecular formula is C27H23FN4O3S. The summed E-state index contributed by atoms with van der Waals surface area (Å²) in [6, 6.07) is 18.5. The number of piperazine rings is 1. The van der Waals surface area contributed by atoms with E-state index < -0.39 is 0 Å². The fraction of sp³-hybridized carbons (Fsp3) is 0.185. The number of aromatic nitrogens is 1. The van der Waals surface area contributed by atoms with Crippen LogP contribution in [0.4, 0.5) is 15.0 Å². The highest BCUT2D eigenvalue weighted by Gasteiger charge is 2.35.